The molecular weight excluding hydrogens is 597 g/mol. The van der Waals surface area contributed by atoms with Crippen LogP contribution in [0.15, 0.2) is 30.3 Å². The third-order valence-corrected chi connectivity index (χ3v) is 8.16. The lowest BCUT2D eigenvalue weighted by molar-refractivity contribution is -0.192. The van der Waals surface area contributed by atoms with Gasteiger partial charge in [-0.05, 0) is 42.7 Å². The fraction of sp³-hybridized carbons (Fsp3) is 0.462. The minimum absolute atomic E-state index is 0.111. The summed E-state index contributed by atoms with van der Waals surface area (Å²) in [6, 6.07) is 8.31. The number of imidazole rings is 1. The molecule has 1 aromatic heterocycles. The number of aromatic nitrogens is 2. The number of carbonyl (C=O) groups is 1. The van der Waals surface area contributed by atoms with Crippen LogP contribution in [0.3, 0.4) is 0 Å². The summed E-state index contributed by atoms with van der Waals surface area (Å²) in [5, 5.41) is 6.25. The zero-order valence-corrected chi connectivity index (χ0v) is 23.3. The number of hydrogen-bond acceptors (Lipinski definition) is 5. The molecule has 1 saturated heterocycles. The van der Waals surface area contributed by atoms with Gasteiger partial charge in [0.15, 0.2) is 0 Å². The minimum Gasteiger partial charge on any atom is -0.368 e. The van der Waals surface area contributed by atoms with Crippen LogP contribution in [0.2, 0.25) is 10.0 Å². The van der Waals surface area contributed by atoms with Crippen LogP contribution in [-0.2, 0) is 18.4 Å². The Kier molecular flexibility index (Phi) is 7.75. The smallest absolute Gasteiger partial charge is 0.368 e. The average molecular weight is 623 g/mol. The number of amides is 1. The number of anilines is 3. The van der Waals surface area contributed by atoms with Crippen molar-refractivity contribution in [3.8, 4) is 0 Å². The first-order chi connectivity index (χ1) is 19.2. The number of alkyl halides is 6. The number of hydrogen-bond donors (Lipinski definition) is 2. The summed E-state index contributed by atoms with van der Waals surface area (Å²) < 4.78 is 79.7. The predicted octanol–water partition coefficient (Wildman–Crippen LogP) is 6.27. The Hall–Kier alpha value is -2.90. The van der Waals surface area contributed by atoms with E-state index >= 15 is 0 Å². The first kappa shape index (κ1) is 29.6. The van der Waals surface area contributed by atoms with Gasteiger partial charge in [0, 0.05) is 39.8 Å². The summed E-state index contributed by atoms with van der Waals surface area (Å²) in [5.74, 6) is -0.639. The van der Waals surface area contributed by atoms with Gasteiger partial charge in [0.1, 0.15) is 5.41 Å². The van der Waals surface area contributed by atoms with Crippen LogP contribution in [-0.4, -0.2) is 65.4 Å². The van der Waals surface area contributed by atoms with E-state index in [0.717, 1.165) is 0 Å². The highest BCUT2D eigenvalue weighted by Crippen LogP contribution is 2.57. The largest absolute Gasteiger partial charge is 0.403 e. The van der Waals surface area contributed by atoms with Crippen LogP contribution >= 0.6 is 23.2 Å². The average Bonchev–Trinajstić information content (AvgIpc) is 3.66. The lowest BCUT2D eigenvalue weighted by Gasteiger charge is -2.36. The van der Waals surface area contributed by atoms with Crippen LogP contribution in [0.1, 0.15) is 18.4 Å². The number of nitrogens with zero attached hydrogens (tertiary/aromatic N) is 4. The summed E-state index contributed by atoms with van der Waals surface area (Å²) in [7, 11) is 1.76. The Labute approximate surface area is 241 Å². The molecule has 1 saturated carbocycles. The van der Waals surface area contributed by atoms with Crippen molar-refractivity contribution in [2.75, 3.05) is 42.9 Å². The van der Waals surface area contributed by atoms with Crippen molar-refractivity contribution in [2.24, 2.45) is 12.5 Å². The molecule has 1 aliphatic carbocycles. The lowest BCUT2D eigenvalue weighted by Crippen LogP contribution is -2.49. The molecule has 2 heterocycles. The molecule has 41 heavy (non-hydrogen) atoms. The second-order valence-corrected chi connectivity index (χ2v) is 11.2. The van der Waals surface area contributed by atoms with Gasteiger partial charge in [0.05, 0.1) is 39.0 Å². The standard InChI is InChI=1S/C26H26Cl2F6N6O/c1-38-21-12-20(40-8-6-39(7-9-40)14-25(29,30)31)17(28)11-19(21)37-23(38)36-18-10-15(2-3-16(18)27)13-35-22(41)24(4-5-24)26(32,33)34/h2-3,10-12H,4-9,13-14H2,1H3,(H,35,41)(H,36,37). The number of rotatable bonds is 7. The van der Waals surface area contributed by atoms with Crippen molar-refractivity contribution in [2.45, 2.75) is 31.7 Å². The Bertz CT molecular complexity index is 1460. The van der Waals surface area contributed by atoms with Gasteiger partial charge in [-0.1, -0.05) is 29.3 Å². The molecule has 0 bridgehead atoms. The van der Waals surface area contributed by atoms with Gasteiger partial charge in [0.25, 0.3) is 0 Å². The van der Waals surface area contributed by atoms with Crippen molar-refractivity contribution in [1.82, 2.24) is 19.8 Å². The Morgan fingerprint density at radius 2 is 1.68 bits per heavy atom. The summed E-state index contributed by atoms with van der Waals surface area (Å²) in [5.41, 5.74) is 0.637. The van der Waals surface area contributed by atoms with Gasteiger partial charge in [0.2, 0.25) is 11.9 Å². The van der Waals surface area contributed by atoms with Crippen LogP contribution in [0.25, 0.3) is 11.0 Å². The number of aryl methyl sites for hydroxylation is 1. The van der Waals surface area contributed by atoms with E-state index in [-0.39, 0.29) is 32.5 Å². The van der Waals surface area contributed by atoms with Crippen LogP contribution < -0.4 is 15.5 Å². The Balaban J connectivity index is 1.30. The molecule has 1 aliphatic heterocycles. The molecular formula is C26H26Cl2F6N6O. The topological polar surface area (TPSA) is 65.4 Å². The summed E-state index contributed by atoms with van der Waals surface area (Å²) >= 11 is 12.9. The molecule has 5 rings (SSSR count). The van der Waals surface area contributed by atoms with Crippen molar-refractivity contribution in [1.29, 1.82) is 0 Å². The maximum Gasteiger partial charge on any atom is 0.403 e. The minimum atomic E-state index is -4.59. The zero-order valence-electron chi connectivity index (χ0n) is 21.8. The van der Waals surface area contributed by atoms with Crippen LogP contribution in [0.4, 0.5) is 43.7 Å². The van der Waals surface area contributed by atoms with E-state index in [1.54, 1.807) is 35.9 Å². The van der Waals surface area contributed by atoms with E-state index in [1.165, 1.54) is 4.90 Å². The molecule has 1 amide bonds. The molecule has 0 spiro atoms. The molecule has 0 unspecified atom stereocenters. The van der Waals surface area contributed by atoms with E-state index in [0.29, 0.717) is 57.1 Å². The quantitative estimate of drug-likeness (QED) is 0.304. The van der Waals surface area contributed by atoms with Crippen LogP contribution in [0.5, 0.6) is 0 Å². The van der Waals surface area contributed by atoms with Gasteiger partial charge in [-0.2, -0.15) is 26.3 Å². The van der Waals surface area contributed by atoms with Gasteiger partial charge in [-0.3, -0.25) is 9.69 Å². The number of halogens is 8. The fourth-order valence-electron chi connectivity index (χ4n) is 4.97. The van der Waals surface area contributed by atoms with Crippen molar-refractivity contribution in [3.05, 3.63) is 45.9 Å². The third-order valence-electron chi connectivity index (χ3n) is 7.52. The Morgan fingerprint density at radius 3 is 2.29 bits per heavy atom. The fourth-order valence-corrected chi connectivity index (χ4v) is 5.41. The van der Waals surface area contributed by atoms with E-state index in [1.807, 2.05) is 11.0 Å². The summed E-state index contributed by atoms with van der Waals surface area (Å²) in [6.07, 6.45) is -9.28. The SMILES string of the molecule is Cn1c(Nc2cc(CNC(=O)C3(C(F)(F)F)CC3)ccc2Cl)nc2cc(Cl)c(N3CCN(CC(F)(F)F)CC3)cc21. The molecule has 0 radical (unpaired) electrons. The van der Waals surface area contributed by atoms with Crippen LogP contribution in [0, 0.1) is 5.41 Å². The van der Waals surface area contributed by atoms with Crippen molar-refractivity contribution >= 4 is 57.5 Å². The third kappa shape index (κ3) is 6.17. The molecule has 2 N–H and O–H groups in total. The monoisotopic (exact) mass is 622 g/mol. The maximum atomic E-state index is 13.2. The molecule has 7 nitrogen and oxygen atoms in total. The number of benzene rings is 2. The first-order valence-electron chi connectivity index (χ1n) is 12.8. The molecule has 0 atom stereocenters. The maximum absolute atomic E-state index is 13.2. The van der Waals surface area contributed by atoms with E-state index in [2.05, 4.69) is 15.6 Å². The van der Waals surface area contributed by atoms with Gasteiger partial charge in [-0.25, -0.2) is 4.98 Å². The Morgan fingerprint density at radius 1 is 1.00 bits per heavy atom. The van der Waals surface area contributed by atoms with Gasteiger partial charge < -0.3 is 20.1 Å². The predicted molar refractivity (Wildman–Crippen MR) is 145 cm³/mol. The normalized spacial score (nSPS) is 17.6. The highest BCUT2D eigenvalue weighted by Gasteiger charge is 2.68. The first-order valence-corrected chi connectivity index (χ1v) is 13.5. The lowest BCUT2D eigenvalue weighted by atomic mass is 10.1. The summed E-state index contributed by atoms with van der Waals surface area (Å²) in [4.78, 5) is 20.1. The molecule has 3 aromatic rings. The van der Waals surface area contributed by atoms with Gasteiger partial charge in [-0.15, -0.1) is 0 Å². The molecule has 2 fully saturated rings. The second kappa shape index (κ2) is 10.7. The zero-order chi connectivity index (χ0) is 29.7. The highest BCUT2D eigenvalue weighted by molar-refractivity contribution is 6.34. The van der Waals surface area contributed by atoms with Crippen molar-refractivity contribution < 1.29 is 31.1 Å². The number of carbonyl (C=O) groups excluding carboxylic acids is 1. The second-order valence-electron chi connectivity index (χ2n) is 10.4. The molecule has 2 aromatic carbocycles. The summed E-state index contributed by atoms with van der Waals surface area (Å²) in [6.45, 7) is 0.201. The van der Waals surface area contributed by atoms with E-state index < -0.39 is 30.2 Å². The van der Waals surface area contributed by atoms with E-state index in [9.17, 15) is 31.1 Å². The number of fused-ring (bicyclic) bond motifs is 1. The number of piperazine rings is 1. The van der Waals surface area contributed by atoms with Gasteiger partial charge >= 0.3 is 12.4 Å². The van der Waals surface area contributed by atoms with E-state index in [4.69, 9.17) is 23.2 Å². The molecule has 222 valence electrons. The molecule has 2 aliphatic rings. The molecule has 15 heteroatoms. The van der Waals surface area contributed by atoms with Crippen molar-refractivity contribution in [3.63, 3.8) is 0 Å². The number of nitrogens with one attached hydrogen (secondary N) is 2. The highest BCUT2D eigenvalue weighted by atomic mass is 35.5.